The Labute approximate surface area is 163 Å². The van der Waals surface area contributed by atoms with Gasteiger partial charge in [-0.1, -0.05) is 13.0 Å². The highest BCUT2D eigenvalue weighted by Gasteiger charge is 2.53. The summed E-state index contributed by atoms with van der Waals surface area (Å²) in [6, 6.07) is 4.21. The highest BCUT2D eigenvalue weighted by molar-refractivity contribution is 6.63. The van der Waals surface area contributed by atoms with E-state index in [1.807, 2.05) is 17.0 Å². The summed E-state index contributed by atoms with van der Waals surface area (Å²) < 4.78 is 18.7. The molecule has 0 N–H and O–H groups in total. The maximum Gasteiger partial charge on any atom is 0.498 e. The molecule has 0 spiro atoms. The lowest BCUT2D eigenvalue weighted by atomic mass is 9.76. The molecule has 0 bridgehead atoms. The van der Waals surface area contributed by atoms with Crippen LogP contribution in [-0.2, 0) is 20.5 Å². The van der Waals surface area contributed by atoms with Crippen LogP contribution in [0.25, 0.3) is 0 Å². The van der Waals surface area contributed by atoms with E-state index in [-0.39, 0.29) is 11.9 Å². The Bertz CT molecular complexity index is 715. The minimum atomic E-state index is -0.475. The molecule has 3 rings (SSSR count). The molecule has 1 aromatic carbocycles. The number of fused-ring (bicyclic) bond motifs is 1. The molecule has 5 nitrogen and oxygen atoms in total. The van der Waals surface area contributed by atoms with Crippen LogP contribution in [0.3, 0.4) is 0 Å². The van der Waals surface area contributed by atoms with Gasteiger partial charge in [0.15, 0.2) is 0 Å². The Morgan fingerprint density at radius 2 is 1.89 bits per heavy atom. The van der Waals surface area contributed by atoms with Crippen molar-refractivity contribution in [1.29, 1.82) is 0 Å². The van der Waals surface area contributed by atoms with Gasteiger partial charge in [0.25, 0.3) is 0 Å². The van der Waals surface area contributed by atoms with E-state index in [0.717, 1.165) is 41.7 Å². The van der Waals surface area contributed by atoms with Gasteiger partial charge in [0.05, 0.1) is 23.5 Å². The van der Waals surface area contributed by atoms with Crippen LogP contribution in [0, 0.1) is 0 Å². The minimum Gasteiger partial charge on any atom is -0.494 e. The predicted octanol–water partition coefficient (Wildman–Crippen LogP) is 3.46. The van der Waals surface area contributed by atoms with Crippen LogP contribution in [0.2, 0.25) is 0 Å². The standard InChI is InChI=1S/C21H32BNO4/c1-8-13-25-19-16-10-9-14(2)23(15(3)24)18(16)12-11-17(19)22-26-20(4,5)21(6,7)27-22/h11-12,14H,8-10,13H2,1-7H3/t14-/m0/s1. The van der Waals surface area contributed by atoms with Gasteiger partial charge in [0.2, 0.25) is 5.91 Å². The first-order chi connectivity index (χ1) is 12.6. The lowest BCUT2D eigenvalue weighted by Gasteiger charge is -2.36. The van der Waals surface area contributed by atoms with Gasteiger partial charge in [0, 0.05) is 24.0 Å². The zero-order chi connectivity index (χ0) is 20.0. The quantitative estimate of drug-likeness (QED) is 0.759. The summed E-state index contributed by atoms with van der Waals surface area (Å²) in [6.07, 6.45) is 2.72. The van der Waals surface area contributed by atoms with E-state index >= 15 is 0 Å². The molecule has 2 aliphatic rings. The summed E-state index contributed by atoms with van der Waals surface area (Å²) in [7, 11) is -0.475. The Balaban J connectivity index is 2.07. The van der Waals surface area contributed by atoms with Crippen molar-refractivity contribution in [2.45, 2.75) is 85.0 Å². The Hall–Kier alpha value is -1.53. The van der Waals surface area contributed by atoms with Gasteiger partial charge in [-0.15, -0.1) is 0 Å². The normalized spacial score (nSPS) is 23.3. The molecular formula is C21H32BNO4. The number of carbonyl (C=O) groups excluding carboxylic acids is 1. The monoisotopic (exact) mass is 373 g/mol. The van der Waals surface area contributed by atoms with E-state index in [2.05, 4.69) is 41.5 Å². The third-order valence-corrected chi connectivity index (χ3v) is 6.08. The van der Waals surface area contributed by atoms with Crippen LogP contribution in [0.15, 0.2) is 12.1 Å². The van der Waals surface area contributed by atoms with Gasteiger partial charge < -0.3 is 18.9 Å². The molecule has 1 amide bonds. The Kier molecular flexibility index (Phi) is 5.34. The molecule has 0 unspecified atom stereocenters. The molecule has 2 heterocycles. The molecule has 0 saturated carbocycles. The summed E-state index contributed by atoms with van der Waals surface area (Å²) in [6.45, 7) is 14.6. The molecule has 1 fully saturated rings. The van der Waals surface area contributed by atoms with Crippen LogP contribution in [-0.4, -0.2) is 36.9 Å². The molecule has 6 heteroatoms. The van der Waals surface area contributed by atoms with E-state index in [1.165, 1.54) is 0 Å². The zero-order valence-electron chi connectivity index (χ0n) is 17.7. The molecule has 27 heavy (non-hydrogen) atoms. The van der Waals surface area contributed by atoms with E-state index in [0.29, 0.717) is 6.61 Å². The number of carbonyl (C=O) groups is 1. The summed E-state index contributed by atoms with van der Waals surface area (Å²) in [4.78, 5) is 14.1. The highest BCUT2D eigenvalue weighted by atomic mass is 16.7. The minimum absolute atomic E-state index is 0.0632. The van der Waals surface area contributed by atoms with Crippen LogP contribution < -0.4 is 15.1 Å². The summed E-state index contributed by atoms with van der Waals surface area (Å²) >= 11 is 0. The van der Waals surface area contributed by atoms with Gasteiger partial charge in [-0.05, 0) is 59.9 Å². The van der Waals surface area contributed by atoms with Crippen molar-refractivity contribution in [3.63, 3.8) is 0 Å². The fourth-order valence-corrected chi connectivity index (χ4v) is 3.83. The third kappa shape index (κ3) is 3.50. The van der Waals surface area contributed by atoms with Gasteiger partial charge in [-0.25, -0.2) is 0 Å². The van der Waals surface area contributed by atoms with Gasteiger partial charge in [-0.2, -0.15) is 0 Å². The Morgan fingerprint density at radius 1 is 1.26 bits per heavy atom. The van der Waals surface area contributed by atoms with Gasteiger partial charge >= 0.3 is 7.12 Å². The first-order valence-electron chi connectivity index (χ1n) is 10.0. The van der Waals surface area contributed by atoms with E-state index in [9.17, 15) is 4.79 Å². The summed E-state index contributed by atoms with van der Waals surface area (Å²) in [5, 5.41) is 0. The van der Waals surface area contributed by atoms with Gasteiger partial charge in [0.1, 0.15) is 5.75 Å². The van der Waals surface area contributed by atoms with Crippen molar-refractivity contribution in [3.05, 3.63) is 17.7 Å². The van der Waals surface area contributed by atoms with Crippen molar-refractivity contribution < 1.29 is 18.8 Å². The fourth-order valence-electron chi connectivity index (χ4n) is 3.83. The topological polar surface area (TPSA) is 48.0 Å². The van der Waals surface area contributed by atoms with E-state index in [4.69, 9.17) is 14.0 Å². The molecule has 0 aromatic heterocycles. The second-order valence-electron chi connectivity index (χ2n) is 8.70. The second kappa shape index (κ2) is 7.14. The molecule has 148 valence electrons. The van der Waals surface area contributed by atoms with Crippen molar-refractivity contribution >= 4 is 24.2 Å². The number of hydrogen-bond acceptors (Lipinski definition) is 4. The first-order valence-corrected chi connectivity index (χ1v) is 10.0. The molecule has 0 radical (unpaired) electrons. The summed E-state index contributed by atoms with van der Waals surface area (Å²) in [5.74, 6) is 0.888. The van der Waals surface area contributed by atoms with Gasteiger partial charge in [-0.3, -0.25) is 4.79 Å². The lowest BCUT2D eigenvalue weighted by molar-refractivity contribution is -0.117. The molecule has 1 atom stereocenters. The van der Waals surface area contributed by atoms with E-state index < -0.39 is 18.3 Å². The van der Waals surface area contributed by atoms with Crippen LogP contribution in [0.4, 0.5) is 5.69 Å². The predicted molar refractivity (Wildman–Crippen MR) is 109 cm³/mol. The number of anilines is 1. The number of benzene rings is 1. The molecule has 0 aliphatic carbocycles. The Morgan fingerprint density at radius 3 is 2.44 bits per heavy atom. The number of ether oxygens (including phenoxy) is 1. The lowest BCUT2D eigenvalue weighted by Crippen LogP contribution is -2.42. The molecule has 1 aromatic rings. The van der Waals surface area contributed by atoms with Crippen molar-refractivity contribution in [2.24, 2.45) is 0 Å². The first kappa shape index (κ1) is 20.2. The average Bonchev–Trinajstić information content (AvgIpc) is 2.79. The fraction of sp³-hybridized carbons (Fsp3) is 0.667. The van der Waals surface area contributed by atoms with Crippen LogP contribution in [0.5, 0.6) is 5.75 Å². The van der Waals surface area contributed by atoms with Crippen molar-refractivity contribution in [1.82, 2.24) is 0 Å². The third-order valence-electron chi connectivity index (χ3n) is 6.08. The zero-order valence-corrected chi connectivity index (χ0v) is 17.7. The maximum atomic E-state index is 12.2. The van der Waals surface area contributed by atoms with Crippen molar-refractivity contribution in [3.8, 4) is 5.75 Å². The number of amides is 1. The number of nitrogens with zero attached hydrogens (tertiary/aromatic N) is 1. The van der Waals surface area contributed by atoms with E-state index in [1.54, 1.807) is 6.92 Å². The molecule has 1 saturated heterocycles. The average molecular weight is 373 g/mol. The largest absolute Gasteiger partial charge is 0.498 e. The number of hydrogen-bond donors (Lipinski definition) is 0. The summed E-state index contributed by atoms with van der Waals surface area (Å²) in [5.41, 5.74) is 2.14. The second-order valence-corrected chi connectivity index (χ2v) is 8.70. The molecule has 2 aliphatic heterocycles. The van der Waals surface area contributed by atoms with Crippen molar-refractivity contribution in [2.75, 3.05) is 11.5 Å². The maximum absolute atomic E-state index is 12.2. The number of rotatable bonds is 4. The SMILES string of the molecule is CCCOc1c(B2OC(C)(C)C(C)(C)O2)ccc2c1CC[C@H](C)N2C(C)=O. The van der Waals surface area contributed by atoms with Crippen LogP contribution >= 0.6 is 0 Å². The highest BCUT2D eigenvalue weighted by Crippen LogP contribution is 2.40. The molecular weight excluding hydrogens is 341 g/mol. The van der Waals surface area contributed by atoms with Crippen LogP contribution in [0.1, 0.15) is 66.9 Å². The smallest absolute Gasteiger partial charge is 0.494 e.